The number of alkyl halides is 3. The van der Waals surface area contributed by atoms with Crippen molar-refractivity contribution >= 4 is 11.9 Å². The van der Waals surface area contributed by atoms with Crippen LogP contribution in [0, 0.1) is 0 Å². The molecule has 2 rings (SSSR count). The lowest BCUT2D eigenvalue weighted by atomic mass is 10.1. The molecule has 0 aliphatic heterocycles. The van der Waals surface area contributed by atoms with Gasteiger partial charge in [-0.05, 0) is 35.4 Å². The van der Waals surface area contributed by atoms with Gasteiger partial charge in [0.05, 0.1) is 5.56 Å². The lowest BCUT2D eigenvalue weighted by Gasteiger charge is -2.08. The maximum atomic E-state index is 12.0. The molecule has 0 heterocycles. The number of ether oxygens (including phenoxy) is 2. The molecule has 8 heteroatoms. The Balaban J connectivity index is 1.93. The molecule has 0 saturated carbocycles. The molecule has 0 spiro atoms. The summed E-state index contributed by atoms with van der Waals surface area (Å²) in [5.41, 5.74) is 7.00. The molecule has 0 amide bonds. The van der Waals surface area contributed by atoms with Crippen LogP contribution in [-0.4, -0.2) is 18.1 Å². The van der Waals surface area contributed by atoms with Crippen molar-refractivity contribution in [1.82, 2.24) is 0 Å². The largest absolute Gasteiger partial charge is 0.490 e. The summed E-state index contributed by atoms with van der Waals surface area (Å²) in [4.78, 5) is 22.6. The lowest BCUT2D eigenvalue weighted by molar-refractivity contribution is -0.201. The second-order valence-electron chi connectivity index (χ2n) is 5.01. The van der Waals surface area contributed by atoms with Crippen molar-refractivity contribution in [2.75, 3.05) is 0 Å². The molecule has 5 nitrogen and oxygen atoms in total. The summed E-state index contributed by atoms with van der Waals surface area (Å²) in [6.07, 6.45) is -5.03. The van der Waals surface area contributed by atoms with Gasteiger partial charge in [0.1, 0.15) is 12.4 Å². The normalized spacial score (nSPS) is 11.0. The average molecular weight is 353 g/mol. The fourth-order valence-corrected chi connectivity index (χ4v) is 1.83. The topological polar surface area (TPSA) is 78.6 Å². The van der Waals surface area contributed by atoms with Gasteiger partial charge in [-0.25, -0.2) is 9.59 Å². The molecule has 2 aromatic carbocycles. The molecule has 25 heavy (non-hydrogen) atoms. The Kier molecular flexibility index (Phi) is 5.76. The number of benzene rings is 2. The number of carbonyl (C=O) groups excluding carboxylic acids is 2. The maximum absolute atomic E-state index is 12.0. The van der Waals surface area contributed by atoms with Crippen LogP contribution in [-0.2, 0) is 22.7 Å². The third-order valence-electron chi connectivity index (χ3n) is 3.16. The summed E-state index contributed by atoms with van der Waals surface area (Å²) in [5, 5.41) is 0. The highest BCUT2D eigenvalue weighted by Crippen LogP contribution is 2.19. The highest BCUT2D eigenvalue weighted by atomic mass is 19.4. The van der Waals surface area contributed by atoms with Crippen molar-refractivity contribution < 1.29 is 32.2 Å². The van der Waals surface area contributed by atoms with Crippen molar-refractivity contribution in [3.05, 3.63) is 65.2 Å². The second kappa shape index (κ2) is 7.80. The molecule has 0 radical (unpaired) electrons. The molecule has 2 aromatic rings. The van der Waals surface area contributed by atoms with Gasteiger partial charge in [-0.3, -0.25) is 0 Å². The number of rotatable bonds is 5. The van der Waals surface area contributed by atoms with Crippen molar-refractivity contribution in [3.8, 4) is 5.75 Å². The average Bonchev–Trinajstić information content (AvgIpc) is 2.60. The highest BCUT2D eigenvalue weighted by molar-refractivity contribution is 5.91. The first kappa shape index (κ1) is 18.5. The molecule has 0 atom stereocenters. The van der Waals surface area contributed by atoms with Crippen LogP contribution in [0.2, 0.25) is 0 Å². The Morgan fingerprint density at radius 2 is 1.48 bits per heavy atom. The van der Waals surface area contributed by atoms with Gasteiger partial charge >= 0.3 is 18.1 Å². The minimum atomic E-state index is -5.03. The monoisotopic (exact) mass is 353 g/mol. The van der Waals surface area contributed by atoms with Gasteiger partial charge in [-0.2, -0.15) is 13.2 Å². The Morgan fingerprint density at radius 3 is 2.00 bits per heavy atom. The van der Waals surface area contributed by atoms with E-state index in [2.05, 4.69) is 4.74 Å². The lowest BCUT2D eigenvalue weighted by Crippen LogP contribution is -2.25. The Hall–Kier alpha value is -2.87. The molecule has 0 unspecified atom stereocenters. The van der Waals surface area contributed by atoms with E-state index in [1.807, 2.05) is 0 Å². The minimum Gasteiger partial charge on any atom is -0.454 e. The van der Waals surface area contributed by atoms with Gasteiger partial charge in [0.15, 0.2) is 0 Å². The summed E-state index contributed by atoms with van der Waals surface area (Å²) >= 11 is 0. The number of nitrogens with two attached hydrogens (primary N) is 1. The van der Waals surface area contributed by atoms with E-state index >= 15 is 0 Å². The molecular weight excluding hydrogens is 339 g/mol. The highest BCUT2D eigenvalue weighted by Gasteiger charge is 2.40. The van der Waals surface area contributed by atoms with Gasteiger partial charge in [0, 0.05) is 6.54 Å². The summed E-state index contributed by atoms with van der Waals surface area (Å²) in [5.74, 6) is -2.64. The van der Waals surface area contributed by atoms with Crippen LogP contribution in [0.4, 0.5) is 13.2 Å². The van der Waals surface area contributed by atoms with E-state index in [0.717, 1.165) is 5.56 Å². The first-order valence-electron chi connectivity index (χ1n) is 7.13. The van der Waals surface area contributed by atoms with Gasteiger partial charge in [-0.1, -0.05) is 24.3 Å². The van der Waals surface area contributed by atoms with E-state index in [4.69, 9.17) is 10.5 Å². The maximum Gasteiger partial charge on any atom is 0.490 e. The number of halogens is 3. The van der Waals surface area contributed by atoms with Crippen molar-refractivity contribution in [2.45, 2.75) is 19.3 Å². The fraction of sp³-hybridized carbons (Fsp3) is 0.176. The van der Waals surface area contributed by atoms with E-state index in [1.54, 1.807) is 24.3 Å². The van der Waals surface area contributed by atoms with Crippen molar-refractivity contribution in [2.24, 2.45) is 5.73 Å². The molecule has 2 N–H and O–H groups in total. The van der Waals surface area contributed by atoms with E-state index < -0.39 is 24.7 Å². The Labute approximate surface area is 141 Å². The van der Waals surface area contributed by atoms with E-state index in [0.29, 0.717) is 17.7 Å². The number of esters is 2. The molecular formula is C17H14F3NO4. The summed E-state index contributed by atoms with van der Waals surface area (Å²) in [6.45, 7) is -0.178. The van der Waals surface area contributed by atoms with E-state index in [9.17, 15) is 22.8 Å². The summed E-state index contributed by atoms with van der Waals surface area (Å²) < 4.78 is 45.4. The quantitative estimate of drug-likeness (QED) is 0.660. The van der Waals surface area contributed by atoms with Crippen LogP contribution < -0.4 is 10.5 Å². The van der Waals surface area contributed by atoms with Crippen LogP contribution in [0.25, 0.3) is 0 Å². The molecule has 0 aliphatic carbocycles. The van der Waals surface area contributed by atoms with Crippen LogP contribution >= 0.6 is 0 Å². The zero-order valence-corrected chi connectivity index (χ0v) is 12.9. The van der Waals surface area contributed by atoms with Crippen LogP contribution in [0.15, 0.2) is 48.5 Å². The van der Waals surface area contributed by atoms with Gasteiger partial charge < -0.3 is 15.2 Å². The molecule has 0 bridgehead atoms. The van der Waals surface area contributed by atoms with Crippen molar-refractivity contribution in [3.63, 3.8) is 0 Å². The van der Waals surface area contributed by atoms with Gasteiger partial charge in [-0.15, -0.1) is 0 Å². The van der Waals surface area contributed by atoms with Crippen molar-refractivity contribution in [1.29, 1.82) is 0 Å². The minimum absolute atomic E-state index is 0.207. The van der Waals surface area contributed by atoms with Crippen LogP contribution in [0.3, 0.4) is 0 Å². The molecule has 0 aliphatic rings. The fourth-order valence-electron chi connectivity index (χ4n) is 1.83. The summed E-state index contributed by atoms with van der Waals surface area (Å²) in [6, 6.07) is 12.1. The predicted octanol–water partition coefficient (Wildman–Crippen LogP) is 2.97. The van der Waals surface area contributed by atoms with Gasteiger partial charge in [0.2, 0.25) is 0 Å². The summed E-state index contributed by atoms with van der Waals surface area (Å²) in [7, 11) is 0. The number of hydrogen-bond donors (Lipinski definition) is 1. The third kappa shape index (κ3) is 5.32. The van der Waals surface area contributed by atoms with Crippen LogP contribution in [0.5, 0.6) is 5.75 Å². The molecule has 132 valence electrons. The third-order valence-corrected chi connectivity index (χ3v) is 3.16. The first-order valence-corrected chi connectivity index (χ1v) is 7.13. The molecule has 0 aromatic heterocycles. The van der Waals surface area contributed by atoms with E-state index in [1.165, 1.54) is 24.3 Å². The number of carbonyl (C=O) groups is 2. The molecule has 0 saturated heterocycles. The second-order valence-corrected chi connectivity index (χ2v) is 5.01. The van der Waals surface area contributed by atoms with Gasteiger partial charge in [0.25, 0.3) is 0 Å². The Bertz CT molecular complexity index is 740. The standard InChI is InChI=1S/C17H14F3NO4/c18-17(19,20)16(23)24-10-12-3-7-14(8-4-12)25-15(22)13-5-1-11(9-21)2-6-13/h1-8H,9-10,21H2. The van der Waals surface area contributed by atoms with Crippen LogP contribution in [0.1, 0.15) is 21.5 Å². The van der Waals surface area contributed by atoms with E-state index in [-0.39, 0.29) is 5.75 Å². The zero-order chi connectivity index (χ0) is 18.4. The molecule has 0 fully saturated rings. The number of hydrogen-bond acceptors (Lipinski definition) is 5. The Morgan fingerprint density at radius 1 is 0.920 bits per heavy atom. The smallest absolute Gasteiger partial charge is 0.454 e. The first-order chi connectivity index (χ1) is 11.8. The SMILES string of the molecule is NCc1ccc(C(=O)Oc2ccc(COC(=O)C(F)(F)F)cc2)cc1. The predicted molar refractivity (Wildman–Crippen MR) is 81.6 cm³/mol. The zero-order valence-electron chi connectivity index (χ0n) is 12.9.